The maximum absolute atomic E-state index is 11.8. The summed E-state index contributed by atoms with van der Waals surface area (Å²) in [6.07, 6.45) is 3.03. The van der Waals surface area contributed by atoms with Crippen molar-refractivity contribution < 1.29 is 9.90 Å². The van der Waals surface area contributed by atoms with Crippen LogP contribution in [-0.2, 0) is 0 Å². The van der Waals surface area contributed by atoms with Crippen LogP contribution in [0.5, 0.6) is 0 Å². The van der Waals surface area contributed by atoms with Gasteiger partial charge >= 0.3 is 6.03 Å². The van der Waals surface area contributed by atoms with Gasteiger partial charge < -0.3 is 15.7 Å². The minimum atomic E-state index is -0.821. The Kier molecular flexibility index (Phi) is 5.75. The van der Waals surface area contributed by atoms with Gasteiger partial charge in [-0.2, -0.15) is 0 Å². The summed E-state index contributed by atoms with van der Waals surface area (Å²) in [4.78, 5) is 17.1. The van der Waals surface area contributed by atoms with Crippen LogP contribution in [0, 0.1) is 6.92 Å². The maximum atomic E-state index is 11.8. The van der Waals surface area contributed by atoms with Gasteiger partial charge in [0.2, 0.25) is 0 Å². The van der Waals surface area contributed by atoms with Crippen molar-refractivity contribution in [3.63, 3.8) is 0 Å². The summed E-state index contributed by atoms with van der Waals surface area (Å²) in [5, 5.41) is 16.5. The van der Waals surface area contributed by atoms with Gasteiger partial charge in [0.05, 0.1) is 11.6 Å². The molecule has 3 N–H and O–H groups in total. The highest BCUT2D eigenvalue weighted by Gasteiger charge is 2.23. The van der Waals surface area contributed by atoms with Gasteiger partial charge in [-0.05, 0) is 26.7 Å². The summed E-state index contributed by atoms with van der Waals surface area (Å²) < 4.78 is 0. The number of rotatable bonds is 6. The number of carbonyl (C=O) groups excluding carboxylic acids is 1. The predicted octanol–water partition coefficient (Wildman–Crippen LogP) is 2.36. The molecular weight excluding hydrogens is 262 g/mol. The molecule has 0 radical (unpaired) electrons. The molecule has 0 saturated heterocycles. The van der Waals surface area contributed by atoms with Gasteiger partial charge in [-0.15, -0.1) is 11.3 Å². The van der Waals surface area contributed by atoms with Crippen molar-refractivity contribution in [1.29, 1.82) is 0 Å². The van der Waals surface area contributed by atoms with E-state index >= 15 is 0 Å². The number of aliphatic hydroxyl groups is 1. The normalized spacial score (nSPS) is 13.1. The molecule has 1 aromatic rings. The number of hydrogen-bond acceptors (Lipinski definition) is 4. The van der Waals surface area contributed by atoms with E-state index < -0.39 is 5.60 Å². The average Bonchev–Trinajstić information content (AvgIpc) is 2.83. The van der Waals surface area contributed by atoms with E-state index in [1.165, 1.54) is 0 Å². The van der Waals surface area contributed by atoms with Gasteiger partial charge in [0.15, 0.2) is 0 Å². The first-order chi connectivity index (χ1) is 8.90. The molecule has 5 nitrogen and oxygen atoms in total. The molecular formula is C13H23N3O2S. The predicted molar refractivity (Wildman–Crippen MR) is 77.3 cm³/mol. The van der Waals surface area contributed by atoms with Crippen LogP contribution in [-0.4, -0.2) is 28.3 Å². The molecule has 6 heteroatoms. The van der Waals surface area contributed by atoms with Crippen molar-refractivity contribution in [2.45, 2.75) is 52.2 Å². The van der Waals surface area contributed by atoms with E-state index in [4.69, 9.17) is 0 Å². The number of nitrogens with zero attached hydrogens (tertiary/aromatic N) is 1. The quantitative estimate of drug-likeness (QED) is 0.751. The first-order valence-corrected chi connectivity index (χ1v) is 7.41. The topological polar surface area (TPSA) is 74.2 Å². The molecule has 19 heavy (non-hydrogen) atoms. The molecule has 0 fully saturated rings. The summed E-state index contributed by atoms with van der Waals surface area (Å²) in [6, 6.07) is -0.407. The molecule has 108 valence electrons. The third-order valence-corrected chi connectivity index (χ3v) is 4.35. The lowest BCUT2D eigenvalue weighted by Gasteiger charge is -2.25. The lowest BCUT2D eigenvalue weighted by Crippen LogP contribution is -2.46. The minimum Gasteiger partial charge on any atom is -0.388 e. The van der Waals surface area contributed by atoms with Crippen LogP contribution >= 0.6 is 11.3 Å². The number of amides is 2. The molecule has 0 aliphatic carbocycles. The van der Waals surface area contributed by atoms with E-state index in [1.54, 1.807) is 17.5 Å². The maximum Gasteiger partial charge on any atom is 0.315 e. The van der Waals surface area contributed by atoms with Crippen molar-refractivity contribution in [2.75, 3.05) is 6.54 Å². The van der Waals surface area contributed by atoms with Gasteiger partial charge in [-0.1, -0.05) is 13.8 Å². The van der Waals surface area contributed by atoms with E-state index in [0.717, 1.165) is 9.88 Å². The fourth-order valence-corrected chi connectivity index (χ4v) is 2.40. The van der Waals surface area contributed by atoms with Crippen LogP contribution in [0.3, 0.4) is 0 Å². The number of aromatic nitrogens is 1. The third-order valence-electron chi connectivity index (χ3n) is 3.25. The second-order valence-electron chi connectivity index (χ2n) is 4.79. The second-order valence-corrected chi connectivity index (χ2v) is 6.06. The lowest BCUT2D eigenvalue weighted by molar-refractivity contribution is 0.0349. The molecule has 0 bridgehead atoms. The highest BCUT2D eigenvalue weighted by Crippen LogP contribution is 2.18. The first-order valence-electron chi connectivity index (χ1n) is 6.59. The molecule has 0 saturated carbocycles. The third kappa shape index (κ3) is 4.80. The van der Waals surface area contributed by atoms with Crippen molar-refractivity contribution in [3.8, 4) is 0 Å². The molecule has 1 rings (SSSR count). The van der Waals surface area contributed by atoms with Gasteiger partial charge in [0.25, 0.3) is 0 Å². The average molecular weight is 285 g/mol. The Labute approximate surface area is 118 Å². The Morgan fingerprint density at radius 3 is 2.63 bits per heavy atom. The monoisotopic (exact) mass is 285 g/mol. The number of hydrogen-bond donors (Lipinski definition) is 3. The Morgan fingerprint density at radius 1 is 1.53 bits per heavy atom. The van der Waals surface area contributed by atoms with E-state index in [2.05, 4.69) is 15.6 Å². The van der Waals surface area contributed by atoms with Gasteiger partial charge in [0, 0.05) is 17.6 Å². The summed E-state index contributed by atoms with van der Waals surface area (Å²) in [5.74, 6) is 0. The van der Waals surface area contributed by atoms with Crippen LogP contribution in [0.15, 0.2) is 6.20 Å². The van der Waals surface area contributed by atoms with E-state index in [0.29, 0.717) is 12.8 Å². The van der Waals surface area contributed by atoms with Crippen LogP contribution in [0.1, 0.15) is 49.5 Å². The van der Waals surface area contributed by atoms with Crippen molar-refractivity contribution in [3.05, 3.63) is 16.1 Å². The van der Waals surface area contributed by atoms with Gasteiger partial charge in [-0.25, -0.2) is 9.78 Å². The Balaban J connectivity index is 2.43. The first kappa shape index (κ1) is 15.9. The summed E-state index contributed by atoms with van der Waals surface area (Å²) in [6.45, 7) is 7.95. The van der Waals surface area contributed by atoms with E-state index in [-0.39, 0.29) is 18.6 Å². The molecule has 0 aromatic carbocycles. The largest absolute Gasteiger partial charge is 0.388 e. The highest BCUT2D eigenvalue weighted by molar-refractivity contribution is 7.11. The molecule has 0 aliphatic heterocycles. The molecule has 0 spiro atoms. The molecule has 2 amide bonds. The van der Waals surface area contributed by atoms with Crippen molar-refractivity contribution >= 4 is 17.4 Å². The van der Waals surface area contributed by atoms with Crippen LogP contribution in [0.25, 0.3) is 0 Å². The lowest BCUT2D eigenvalue weighted by atomic mass is 9.98. The zero-order chi connectivity index (χ0) is 14.5. The number of urea groups is 1. The summed E-state index contributed by atoms with van der Waals surface area (Å²) >= 11 is 1.57. The standard InChI is InChI=1S/C13H23N3O2S/c1-5-13(18,6-2)8-15-12(17)16-10(4)11-14-7-9(3)19-11/h7,10,18H,5-6,8H2,1-4H3,(H2,15,16,17). The molecule has 1 aromatic heterocycles. The zero-order valence-electron chi connectivity index (χ0n) is 12.0. The number of nitrogens with one attached hydrogen (secondary N) is 2. The summed E-state index contributed by atoms with van der Waals surface area (Å²) in [7, 11) is 0. The number of thiazole rings is 1. The molecule has 1 heterocycles. The Morgan fingerprint density at radius 2 is 2.16 bits per heavy atom. The van der Waals surface area contributed by atoms with E-state index in [9.17, 15) is 9.90 Å². The molecule has 0 aliphatic rings. The van der Waals surface area contributed by atoms with Crippen LogP contribution < -0.4 is 10.6 Å². The van der Waals surface area contributed by atoms with Gasteiger partial charge in [-0.3, -0.25) is 0 Å². The Bertz CT molecular complexity index is 416. The summed E-state index contributed by atoms with van der Waals surface area (Å²) in [5.41, 5.74) is -0.821. The smallest absolute Gasteiger partial charge is 0.315 e. The highest BCUT2D eigenvalue weighted by atomic mass is 32.1. The van der Waals surface area contributed by atoms with Crippen LogP contribution in [0.4, 0.5) is 4.79 Å². The molecule has 1 unspecified atom stereocenters. The van der Waals surface area contributed by atoms with Crippen molar-refractivity contribution in [1.82, 2.24) is 15.6 Å². The van der Waals surface area contributed by atoms with Gasteiger partial charge in [0.1, 0.15) is 5.01 Å². The number of aryl methyl sites for hydroxylation is 1. The second kappa shape index (κ2) is 6.86. The Hall–Kier alpha value is -1.14. The SMILES string of the molecule is CCC(O)(CC)CNC(=O)NC(C)c1ncc(C)s1. The number of carbonyl (C=O) groups is 1. The van der Waals surface area contributed by atoms with Crippen molar-refractivity contribution in [2.24, 2.45) is 0 Å². The van der Waals surface area contributed by atoms with Crippen LogP contribution in [0.2, 0.25) is 0 Å². The molecule has 1 atom stereocenters. The van der Waals surface area contributed by atoms with E-state index in [1.807, 2.05) is 27.7 Å². The fraction of sp³-hybridized carbons (Fsp3) is 0.692. The fourth-order valence-electron chi connectivity index (χ4n) is 1.63. The minimum absolute atomic E-state index is 0.130. The zero-order valence-corrected chi connectivity index (χ0v) is 12.8.